The van der Waals surface area contributed by atoms with Crippen molar-refractivity contribution in [1.82, 2.24) is 10.3 Å². The molecule has 2 amide bonds. The fourth-order valence-electron chi connectivity index (χ4n) is 3.68. The molecule has 0 atom stereocenters. The maximum absolute atomic E-state index is 14.5. The summed E-state index contributed by atoms with van der Waals surface area (Å²) in [5.74, 6) is -4.27. The maximum Gasteiger partial charge on any atom is 0.258 e. The lowest BCUT2D eigenvalue weighted by Crippen LogP contribution is -2.36. The lowest BCUT2D eigenvalue weighted by atomic mass is 10.1. The topological polar surface area (TPSA) is 83.6 Å². The van der Waals surface area contributed by atoms with Gasteiger partial charge < -0.3 is 20.3 Å². The van der Waals surface area contributed by atoms with Gasteiger partial charge in [0, 0.05) is 19.6 Å². The van der Waals surface area contributed by atoms with Gasteiger partial charge in [0.25, 0.3) is 11.8 Å². The maximum atomic E-state index is 14.5. The van der Waals surface area contributed by atoms with Crippen LogP contribution in [0.2, 0.25) is 5.02 Å². The predicted molar refractivity (Wildman–Crippen MR) is 129 cm³/mol. The quantitative estimate of drug-likeness (QED) is 0.503. The third-order valence-electron chi connectivity index (χ3n) is 5.66. The fraction of sp³-hybridized carbons (Fsp3) is 0.240. The highest BCUT2D eigenvalue weighted by atomic mass is 35.5. The van der Waals surface area contributed by atoms with E-state index in [1.165, 1.54) is 6.07 Å². The van der Waals surface area contributed by atoms with Crippen molar-refractivity contribution in [3.63, 3.8) is 0 Å². The van der Waals surface area contributed by atoms with Crippen LogP contribution in [0, 0.1) is 24.4 Å². The van der Waals surface area contributed by atoms with Crippen LogP contribution in [-0.4, -0.2) is 43.1 Å². The Labute approximate surface area is 210 Å². The van der Waals surface area contributed by atoms with Gasteiger partial charge in [0.2, 0.25) is 0 Å². The number of halogens is 4. The van der Waals surface area contributed by atoms with Crippen molar-refractivity contribution in [1.29, 1.82) is 0 Å². The summed E-state index contributed by atoms with van der Waals surface area (Å²) in [6.07, 6.45) is 1.64. The van der Waals surface area contributed by atoms with Gasteiger partial charge in [-0.25, -0.2) is 18.2 Å². The van der Waals surface area contributed by atoms with E-state index in [1.807, 2.05) is 6.07 Å². The molecule has 0 spiro atoms. The zero-order valence-corrected chi connectivity index (χ0v) is 20.0. The van der Waals surface area contributed by atoms with E-state index in [4.69, 9.17) is 16.3 Å². The summed E-state index contributed by atoms with van der Waals surface area (Å²) in [6, 6.07) is 6.92. The molecule has 2 aromatic carbocycles. The number of nitrogens with zero attached hydrogens (tertiary/aromatic N) is 2. The molecule has 1 aliphatic heterocycles. The van der Waals surface area contributed by atoms with E-state index in [2.05, 4.69) is 20.5 Å². The van der Waals surface area contributed by atoms with Gasteiger partial charge in [0.1, 0.15) is 11.6 Å². The van der Waals surface area contributed by atoms with Gasteiger partial charge in [-0.05, 0) is 48.4 Å². The number of aryl methyl sites for hydroxylation is 1. The number of aromatic nitrogens is 1. The molecule has 1 aliphatic rings. The highest BCUT2D eigenvalue weighted by Gasteiger charge is 2.21. The van der Waals surface area contributed by atoms with E-state index < -0.39 is 34.8 Å². The molecule has 188 valence electrons. The molecule has 3 aromatic rings. The van der Waals surface area contributed by atoms with E-state index in [0.717, 1.165) is 43.0 Å². The molecule has 1 fully saturated rings. The van der Waals surface area contributed by atoms with Crippen molar-refractivity contribution >= 4 is 34.9 Å². The van der Waals surface area contributed by atoms with E-state index in [-0.39, 0.29) is 22.7 Å². The number of amides is 2. The Kier molecular flexibility index (Phi) is 7.76. The van der Waals surface area contributed by atoms with Crippen LogP contribution in [0.5, 0.6) is 0 Å². The molecule has 36 heavy (non-hydrogen) atoms. The highest BCUT2D eigenvalue weighted by molar-refractivity contribution is 6.34. The summed E-state index contributed by atoms with van der Waals surface area (Å²) in [4.78, 5) is 31.9. The van der Waals surface area contributed by atoms with E-state index in [0.29, 0.717) is 24.6 Å². The molecule has 11 heteroatoms. The number of nitrogens with one attached hydrogen (secondary N) is 2. The van der Waals surface area contributed by atoms with Gasteiger partial charge in [-0.1, -0.05) is 17.7 Å². The van der Waals surface area contributed by atoms with E-state index >= 15 is 0 Å². The summed E-state index contributed by atoms with van der Waals surface area (Å²) in [6.45, 7) is 4.32. The van der Waals surface area contributed by atoms with Crippen molar-refractivity contribution in [2.75, 3.05) is 36.5 Å². The Morgan fingerprint density at radius 2 is 1.75 bits per heavy atom. The molecular weight excluding hydrogens is 497 g/mol. The van der Waals surface area contributed by atoms with E-state index in [9.17, 15) is 22.8 Å². The molecule has 1 aromatic heterocycles. The lowest BCUT2D eigenvalue weighted by molar-refractivity contribution is 0.0946. The van der Waals surface area contributed by atoms with Crippen molar-refractivity contribution < 1.29 is 27.5 Å². The Bertz CT molecular complexity index is 1320. The van der Waals surface area contributed by atoms with Crippen LogP contribution in [0.1, 0.15) is 31.8 Å². The Balaban J connectivity index is 1.48. The monoisotopic (exact) mass is 518 g/mol. The summed E-state index contributed by atoms with van der Waals surface area (Å²) in [5.41, 5.74) is 1.31. The van der Waals surface area contributed by atoms with Crippen molar-refractivity contribution in [2.45, 2.75) is 13.5 Å². The number of anilines is 2. The van der Waals surface area contributed by atoms with Crippen LogP contribution in [-0.2, 0) is 11.3 Å². The zero-order valence-electron chi connectivity index (χ0n) is 19.2. The van der Waals surface area contributed by atoms with E-state index in [1.54, 1.807) is 13.1 Å². The molecule has 2 N–H and O–H groups in total. The summed E-state index contributed by atoms with van der Waals surface area (Å²) < 4.78 is 46.3. The van der Waals surface area contributed by atoms with Crippen LogP contribution in [0.25, 0.3) is 0 Å². The second-order valence-corrected chi connectivity index (χ2v) is 8.56. The number of carbonyl (C=O) groups is 2. The standard InChI is InChI=1S/C25H22ClF3N4O3/c1-14-8-16(33-4-6-36-7-5-33)13-30-23(14)32-25(35)17-10-18(21(28)11-19(17)26)24(34)31-12-15-2-3-20(27)22(29)9-15/h2-3,8-11,13H,4-7,12H2,1H3,(H,31,34)(H,30,32,35). The molecule has 0 saturated carbocycles. The van der Waals surface area contributed by atoms with Gasteiger partial charge in [-0.2, -0.15) is 0 Å². The first-order valence-corrected chi connectivity index (χ1v) is 11.4. The van der Waals surface area contributed by atoms with Crippen molar-refractivity contribution in [2.24, 2.45) is 0 Å². The fourth-order valence-corrected chi connectivity index (χ4v) is 3.92. The van der Waals surface area contributed by atoms with Crippen LogP contribution < -0.4 is 15.5 Å². The van der Waals surface area contributed by atoms with Crippen molar-refractivity contribution in [3.8, 4) is 0 Å². The number of pyridine rings is 1. The second-order valence-electron chi connectivity index (χ2n) is 8.16. The summed E-state index contributed by atoms with van der Waals surface area (Å²) in [7, 11) is 0. The predicted octanol–water partition coefficient (Wildman–Crippen LogP) is 4.48. The molecule has 0 unspecified atom stereocenters. The Morgan fingerprint density at radius 3 is 2.44 bits per heavy atom. The molecule has 1 saturated heterocycles. The molecule has 0 aliphatic carbocycles. The minimum atomic E-state index is -1.07. The first-order chi connectivity index (χ1) is 17.2. The van der Waals surface area contributed by atoms with Crippen LogP contribution in [0.3, 0.4) is 0 Å². The Morgan fingerprint density at radius 1 is 1.00 bits per heavy atom. The average Bonchev–Trinajstić information content (AvgIpc) is 2.86. The number of morpholine rings is 1. The first-order valence-electron chi connectivity index (χ1n) is 11.0. The van der Waals surface area contributed by atoms with Gasteiger partial charge in [0.15, 0.2) is 11.6 Å². The largest absolute Gasteiger partial charge is 0.378 e. The minimum absolute atomic E-state index is 0.130. The number of hydrogen-bond donors (Lipinski definition) is 2. The summed E-state index contributed by atoms with van der Waals surface area (Å²) >= 11 is 6.09. The Hall–Kier alpha value is -3.63. The third-order valence-corrected chi connectivity index (χ3v) is 5.97. The molecule has 4 rings (SSSR count). The SMILES string of the molecule is Cc1cc(N2CCOCC2)cnc1NC(=O)c1cc(C(=O)NCc2ccc(F)c(F)c2)c(F)cc1Cl. The third kappa shape index (κ3) is 5.77. The van der Waals surface area contributed by atoms with Crippen LogP contribution in [0.4, 0.5) is 24.7 Å². The molecular formula is C25H22ClF3N4O3. The lowest BCUT2D eigenvalue weighted by Gasteiger charge is -2.29. The van der Waals surface area contributed by atoms with Gasteiger partial charge in [-0.15, -0.1) is 0 Å². The highest BCUT2D eigenvalue weighted by Crippen LogP contribution is 2.25. The number of rotatable bonds is 6. The van der Waals surface area contributed by atoms with Gasteiger partial charge in [0.05, 0.1) is 41.2 Å². The number of carbonyl (C=O) groups excluding carboxylic acids is 2. The molecule has 7 nitrogen and oxygen atoms in total. The normalized spacial score (nSPS) is 13.4. The molecule has 2 heterocycles. The molecule has 0 radical (unpaired) electrons. The minimum Gasteiger partial charge on any atom is -0.378 e. The first kappa shape index (κ1) is 25.5. The number of hydrogen-bond acceptors (Lipinski definition) is 5. The smallest absolute Gasteiger partial charge is 0.258 e. The summed E-state index contributed by atoms with van der Waals surface area (Å²) in [5, 5.41) is 4.87. The number of benzene rings is 2. The average molecular weight is 519 g/mol. The van der Waals surface area contributed by atoms with Crippen LogP contribution >= 0.6 is 11.6 Å². The number of ether oxygens (including phenoxy) is 1. The second kappa shape index (κ2) is 11.0. The molecule has 0 bridgehead atoms. The van der Waals surface area contributed by atoms with Gasteiger partial charge >= 0.3 is 0 Å². The van der Waals surface area contributed by atoms with Crippen LogP contribution in [0.15, 0.2) is 42.6 Å². The van der Waals surface area contributed by atoms with Crippen molar-refractivity contribution in [3.05, 3.63) is 87.3 Å². The van der Waals surface area contributed by atoms with Gasteiger partial charge in [-0.3, -0.25) is 9.59 Å². The zero-order chi connectivity index (χ0) is 25.8.